The largest absolute Gasteiger partial charge is 0.392 e. The number of thiocarbonyl (C=S) groups is 1. The molecule has 0 aliphatic carbocycles. The van der Waals surface area contributed by atoms with Gasteiger partial charge in [0.1, 0.15) is 5.92 Å². The Kier molecular flexibility index (Phi) is 4.47. The number of nitrogens with two attached hydrogens (primary N) is 1. The number of H-pyrrole nitrogens is 1. The zero-order chi connectivity index (χ0) is 14.5. The summed E-state index contributed by atoms with van der Waals surface area (Å²) < 4.78 is 0. The molecule has 2 atom stereocenters. The number of aromatic nitrogens is 2. The van der Waals surface area contributed by atoms with Gasteiger partial charge in [-0.2, -0.15) is 5.10 Å². The Balaban J connectivity index is 2.14. The SMILES string of the molecule is CC(NC(=O)C(C(N)=S)c1ccccc1)c1cn[nH]c1. The van der Waals surface area contributed by atoms with E-state index in [1.807, 2.05) is 37.3 Å². The maximum Gasteiger partial charge on any atom is 0.234 e. The van der Waals surface area contributed by atoms with Crippen molar-refractivity contribution >= 4 is 23.1 Å². The Labute approximate surface area is 122 Å². The summed E-state index contributed by atoms with van der Waals surface area (Å²) in [6, 6.07) is 9.10. The second kappa shape index (κ2) is 6.29. The number of carbonyl (C=O) groups excluding carboxylic acids is 1. The minimum atomic E-state index is -0.624. The van der Waals surface area contributed by atoms with Crippen molar-refractivity contribution in [1.82, 2.24) is 15.5 Å². The van der Waals surface area contributed by atoms with E-state index in [9.17, 15) is 4.79 Å². The van der Waals surface area contributed by atoms with E-state index in [4.69, 9.17) is 18.0 Å². The highest BCUT2D eigenvalue weighted by atomic mass is 32.1. The quantitative estimate of drug-likeness (QED) is 0.731. The molecule has 1 amide bonds. The summed E-state index contributed by atoms with van der Waals surface area (Å²) >= 11 is 5.03. The van der Waals surface area contributed by atoms with Crippen molar-refractivity contribution in [3.63, 3.8) is 0 Å². The number of aromatic amines is 1. The summed E-state index contributed by atoms with van der Waals surface area (Å²) in [7, 11) is 0. The monoisotopic (exact) mass is 288 g/mol. The Morgan fingerprint density at radius 2 is 2.05 bits per heavy atom. The van der Waals surface area contributed by atoms with Gasteiger partial charge in [0.25, 0.3) is 0 Å². The summed E-state index contributed by atoms with van der Waals surface area (Å²) in [6.45, 7) is 1.88. The van der Waals surface area contributed by atoms with Gasteiger partial charge in [0.2, 0.25) is 5.91 Å². The first-order chi connectivity index (χ1) is 9.59. The van der Waals surface area contributed by atoms with Crippen LogP contribution in [-0.2, 0) is 4.79 Å². The topological polar surface area (TPSA) is 83.8 Å². The van der Waals surface area contributed by atoms with E-state index in [-0.39, 0.29) is 16.9 Å². The van der Waals surface area contributed by atoms with Crippen LogP contribution in [0, 0.1) is 0 Å². The number of nitrogens with one attached hydrogen (secondary N) is 2. The molecule has 0 aliphatic rings. The molecule has 2 aromatic rings. The lowest BCUT2D eigenvalue weighted by molar-refractivity contribution is -0.121. The van der Waals surface area contributed by atoms with Crippen molar-refractivity contribution in [2.75, 3.05) is 0 Å². The molecule has 2 unspecified atom stereocenters. The molecule has 5 nitrogen and oxygen atoms in total. The molecule has 1 aromatic heterocycles. The fourth-order valence-corrected chi connectivity index (χ4v) is 2.21. The van der Waals surface area contributed by atoms with Crippen LogP contribution in [0.25, 0.3) is 0 Å². The van der Waals surface area contributed by atoms with Crippen molar-refractivity contribution < 1.29 is 4.79 Å². The van der Waals surface area contributed by atoms with Gasteiger partial charge < -0.3 is 11.1 Å². The van der Waals surface area contributed by atoms with Gasteiger partial charge in [-0.05, 0) is 12.5 Å². The van der Waals surface area contributed by atoms with E-state index >= 15 is 0 Å². The van der Waals surface area contributed by atoms with Crippen molar-refractivity contribution in [2.45, 2.75) is 18.9 Å². The van der Waals surface area contributed by atoms with Crippen LogP contribution in [0.3, 0.4) is 0 Å². The van der Waals surface area contributed by atoms with E-state index in [1.54, 1.807) is 12.4 Å². The molecule has 1 heterocycles. The summed E-state index contributed by atoms with van der Waals surface area (Å²) in [5, 5.41) is 9.47. The fraction of sp³-hybridized carbons (Fsp3) is 0.214. The third-order valence-electron chi connectivity index (χ3n) is 3.06. The Bertz CT molecular complexity index is 582. The van der Waals surface area contributed by atoms with Crippen LogP contribution >= 0.6 is 12.2 Å². The van der Waals surface area contributed by atoms with Crippen LogP contribution in [-0.4, -0.2) is 21.1 Å². The minimum absolute atomic E-state index is 0.160. The molecule has 6 heteroatoms. The van der Waals surface area contributed by atoms with Gasteiger partial charge in [0, 0.05) is 11.8 Å². The highest BCUT2D eigenvalue weighted by Crippen LogP contribution is 2.18. The van der Waals surface area contributed by atoms with Crippen LogP contribution in [0.15, 0.2) is 42.7 Å². The van der Waals surface area contributed by atoms with Crippen LogP contribution in [0.2, 0.25) is 0 Å². The standard InChI is InChI=1S/C14H16N4OS/c1-9(11-7-16-17-8-11)18-14(19)12(13(15)20)10-5-3-2-4-6-10/h2-9,12H,1H3,(H2,15,20)(H,16,17)(H,18,19). The molecular weight excluding hydrogens is 272 g/mol. The van der Waals surface area contributed by atoms with E-state index in [1.165, 1.54) is 0 Å². The molecule has 104 valence electrons. The van der Waals surface area contributed by atoms with Crippen molar-refractivity contribution in [3.05, 3.63) is 53.9 Å². The van der Waals surface area contributed by atoms with Gasteiger partial charge in [0.05, 0.1) is 17.2 Å². The van der Waals surface area contributed by atoms with Crippen LogP contribution in [0.1, 0.15) is 30.0 Å². The fourth-order valence-electron chi connectivity index (χ4n) is 1.97. The molecule has 0 radical (unpaired) electrons. The van der Waals surface area contributed by atoms with Gasteiger partial charge in [-0.1, -0.05) is 42.5 Å². The van der Waals surface area contributed by atoms with Gasteiger partial charge in [0.15, 0.2) is 0 Å². The summed E-state index contributed by atoms with van der Waals surface area (Å²) in [5.41, 5.74) is 7.40. The molecule has 0 bridgehead atoms. The maximum absolute atomic E-state index is 12.4. The van der Waals surface area contributed by atoms with Crippen LogP contribution < -0.4 is 11.1 Å². The zero-order valence-electron chi connectivity index (χ0n) is 11.0. The third kappa shape index (κ3) is 3.21. The molecule has 0 saturated heterocycles. The molecular formula is C14H16N4OS. The number of carbonyl (C=O) groups is 1. The van der Waals surface area contributed by atoms with Gasteiger partial charge in [-0.15, -0.1) is 0 Å². The molecule has 2 rings (SSSR count). The Morgan fingerprint density at radius 3 is 2.60 bits per heavy atom. The first-order valence-electron chi connectivity index (χ1n) is 6.23. The van der Waals surface area contributed by atoms with E-state index in [2.05, 4.69) is 15.5 Å². The van der Waals surface area contributed by atoms with E-state index < -0.39 is 5.92 Å². The molecule has 0 fully saturated rings. The molecule has 1 aromatic carbocycles. The van der Waals surface area contributed by atoms with Crippen LogP contribution in [0.5, 0.6) is 0 Å². The molecule has 4 N–H and O–H groups in total. The highest BCUT2D eigenvalue weighted by molar-refractivity contribution is 7.80. The minimum Gasteiger partial charge on any atom is -0.392 e. The van der Waals surface area contributed by atoms with Crippen molar-refractivity contribution in [1.29, 1.82) is 0 Å². The second-order valence-electron chi connectivity index (χ2n) is 4.51. The Hall–Kier alpha value is -2.21. The summed E-state index contributed by atoms with van der Waals surface area (Å²) in [6.07, 6.45) is 3.41. The molecule has 0 spiro atoms. The van der Waals surface area contributed by atoms with Gasteiger partial charge in [-0.25, -0.2) is 0 Å². The predicted octanol–water partition coefficient (Wildman–Crippen LogP) is 1.66. The number of amides is 1. The number of benzene rings is 1. The van der Waals surface area contributed by atoms with Gasteiger partial charge >= 0.3 is 0 Å². The predicted molar refractivity (Wildman–Crippen MR) is 81.1 cm³/mol. The number of hydrogen-bond donors (Lipinski definition) is 3. The Morgan fingerprint density at radius 1 is 1.35 bits per heavy atom. The lowest BCUT2D eigenvalue weighted by Gasteiger charge is -2.19. The van der Waals surface area contributed by atoms with Gasteiger partial charge in [-0.3, -0.25) is 9.89 Å². The van der Waals surface area contributed by atoms with Crippen molar-refractivity contribution in [3.8, 4) is 0 Å². The number of hydrogen-bond acceptors (Lipinski definition) is 3. The lowest BCUT2D eigenvalue weighted by atomic mass is 9.97. The highest BCUT2D eigenvalue weighted by Gasteiger charge is 2.24. The van der Waals surface area contributed by atoms with Crippen molar-refractivity contribution in [2.24, 2.45) is 5.73 Å². The molecule has 0 aliphatic heterocycles. The maximum atomic E-state index is 12.4. The summed E-state index contributed by atoms with van der Waals surface area (Å²) in [4.78, 5) is 12.5. The summed E-state index contributed by atoms with van der Waals surface area (Å²) in [5.74, 6) is -0.835. The average Bonchev–Trinajstić information content (AvgIpc) is 2.93. The second-order valence-corrected chi connectivity index (χ2v) is 4.98. The zero-order valence-corrected chi connectivity index (χ0v) is 11.9. The third-order valence-corrected chi connectivity index (χ3v) is 3.29. The normalized spacial score (nSPS) is 13.4. The smallest absolute Gasteiger partial charge is 0.234 e. The average molecular weight is 288 g/mol. The number of nitrogens with zero attached hydrogens (tertiary/aromatic N) is 1. The first kappa shape index (κ1) is 14.2. The van der Waals surface area contributed by atoms with E-state index in [0.717, 1.165) is 11.1 Å². The van der Waals surface area contributed by atoms with Crippen LogP contribution in [0.4, 0.5) is 0 Å². The van der Waals surface area contributed by atoms with E-state index in [0.29, 0.717) is 0 Å². The molecule has 0 saturated carbocycles. The number of rotatable bonds is 5. The lowest BCUT2D eigenvalue weighted by Crippen LogP contribution is -2.37. The first-order valence-corrected chi connectivity index (χ1v) is 6.63. The molecule has 20 heavy (non-hydrogen) atoms.